The van der Waals surface area contributed by atoms with Gasteiger partial charge in [0.2, 0.25) is 5.91 Å². The third-order valence-corrected chi connectivity index (χ3v) is 3.97. The molecule has 0 radical (unpaired) electrons. The van der Waals surface area contributed by atoms with Gasteiger partial charge in [-0.3, -0.25) is 4.79 Å². The van der Waals surface area contributed by atoms with E-state index < -0.39 is 5.60 Å². The molecule has 0 spiro atoms. The van der Waals surface area contributed by atoms with Crippen molar-refractivity contribution in [1.29, 1.82) is 0 Å². The van der Waals surface area contributed by atoms with Crippen molar-refractivity contribution in [3.05, 3.63) is 71.8 Å². The molecular weight excluding hydrogens is 326 g/mol. The first-order valence-electron chi connectivity index (χ1n) is 8.93. The Morgan fingerprint density at radius 2 is 1.96 bits per heavy atom. The maximum atomic E-state index is 11.9. The standard InChI is InChI=1S/C22H27NO3/c1-3-14-22(2,25)17-23-21(24)13-12-18-10-7-11-20(15-18)26-16-19-8-5-4-6-9-19/h4-13,15,25H,3,14,16-17H2,1-2H3,(H,23,24)/b13-12-/t22-/m1/s1. The molecule has 1 atom stereocenters. The van der Waals surface area contributed by atoms with E-state index in [9.17, 15) is 9.90 Å². The van der Waals surface area contributed by atoms with Gasteiger partial charge in [-0.25, -0.2) is 0 Å². The maximum Gasteiger partial charge on any atom is 0.244 e. The molecule has 0 bridgehead atoms. The lowest BCUT2D eigenvalue weighted by atomic mass is 10.0. The van der Waals surface area contributed by atoms with Gasteiger partial charge in [0.05, 0.1) is 5.60 Å². The SMILES string of the molecule is CCC[C@@](C)(O)CNC(=O)/C=C\c1cccc(OCc2ccccc2)c1. The summed E-state index contributed by atoms with van der Waals surface area (Å²) in [6.07, 6.45) is 4.73. The van der Waals surface area contributed by atoms with Crippen LogP contribution in [0.4, 0.5) is 0 Å². The maximum absolute atomic E-state index is 11.9. The largest absolute Gasteiger partial charge is 0.489 e. The summed E-state index contributed by atoms with van der Waals surface area (Å²) in [6, 6.07) is 17.5. The molecule has 0 heterocycles. The second kappa shape index (κ2) is 9.78. The van der Waals surface area contributed by atoms with Crippen molar-refractivity contribution in [2.24, 2.45) is 0 Å². The van der Waals surface area contributed by atoms with Crippen LogP contribution in [0.2, 0.25) is 0 Å². The number of benzene rings is 2. The van der Waals surface area contributed by atoms with E-state index in [0.29, 0.717) is 13.0 Å². The molecule has 2 N–H and O–H groups in total. The number of carbonyl (C=O) groups excluding carboxylic acids is 1. The van der Waals surface area contributed by atoms with Crippen LogP contribution in [0, 0.1) is 0 Å². The Morgan fingerprint density at radius 1 is 1.19 bits per heavy atom. The molecule has 0 unspecified atom stereocenters. The van der Waals surface area contributed by atoms with Gasteiger partial charge in [0.25, 0.3) is 0 Å². The molecule has 4 heteroatoms. The molecule has 2 aromatic carbocycles. The van der Waals surface area contributed by atoms with Crippen LogP contribution in [0.3, 0.4) is 0 Å². The fraction of sp³-hybridized carbons (Fsp3) is 0.318. The van der Waals surface area contributed by atoms with Gasteiger partial charge in [-0.1, -0.05) is 55.8 Å². The van der Waals surface area contributed by atoms with E-state index in [1.54, 1.807) is 13.0 Å². The Morgan fingerprint density at radius 3 is 2.69 bits per heavy atom. The van der Waals surface area contributed by atoms with Crippen LogP contribution in [0.1, 0.15) is 37.8 Å². The predicted molar refractivity (Wildman–Crippen MR) is 105 cm³/mol. The van der Waals surface area contributed by atoms with Crippen LogP contribution < -0.4 is 10.1 Å². The third-order valence-electron chi connectivity index (χ3n) is 3.97. The van der Waals surface area contributed by atoms with Crippen molar-refractivity contribution in [2.45, 2.75) is 38.9 Å². The van der Waals surface area contributed by atoms with Crippen molar-refractivity contribution >= 4 is 12.0 Å². The smallest absolute Gasteiger partial charge is 0.244 e. The first-order valence-corrected chi connectivity index (χ1v) is 8.93. The normalized spacial score (nSPS) is 13.3. The molecule has 0 saturated carbocycles. The van der Waals surface area contributed by atoms with Gasteiger partial charge < -0.3 is 15.2 Å². The molecule has 138 valence electrons. The number of carbonyl (C=O) groups is 1. The van der Waals surface area contributed by atoms with Crippen molar-refractivity contribution in [3.63, 3.8) is 0 Å². The summed E-state index contributed by atoms with van der Waals surface area (Å²) >= 11 is 0. The third kappa shape index (κ3) is 7.11. The first kappa shape index (κ1) is 19.7. The monoisotopic (exact) mass is 353 g/mol. The zero-order valence-electron chi connectivity index (χ0n) is 15.4. The highest BCUT2D eigenvalue weighted by atomic mass is 16.5. The quantitative estimate of drug-likeness (QED) is 0.671. The van der Waals surface area contributed by atoms with E-state index >= 15 is 0 Å². The average molecular weight is 353 g/mol. The minimum Gasteiger partial charge on any atom is -0.489 e. The lowest BCUT2D eigenvalue weighted by Gasteiger charge is -2.22. The summed E-state index contributed by atoms with van der Waals surface area (Å²) in [5, 5.41) is 12.8. The molecule has 0 aliphatic rings. The van der Waals surface area contributed by atoms with Gasteiger partial charge in [-0.2, -0.15) is 0 Å². The van der Waals surface area contributed by atoms with Crippen molar-refractivity contribution < 1.29 is 14.6 Å². The summed E-state index contributed by atoms with van der Waals surface area (Å²) in [5.74, 6) is 0.527. The zero-order valence-corrected chi connectivity index (χ0v) is 15.4. The van der Waals surface area contributed by atoms with Crippen molar-refractivity contribution in [3.8, 4) is 5.75 Å². The molecule has 0 fully saturated rings. The molecule has 2 rings (SSSR count). The first-order chi connectivity index (χ1) is 12.5. The summed E-state index contributed by atoms with van der Waals surface area (Å²) in [4.78, 5) is 11.9. The summed E-state index contributed by atoms with van der Waals surface area (Å²) in [7, 11) is 0. The van der Waals surface area contributed by atoms with Crippen LogP contribution in [0.25, 0.3) is 6.08 Å². The van der Waals surface area contributed by atoms with Crippen LogP contribution in [-0.4, -0.2) is 23.2 Å². The van der Waals surface area contributed by atoms with Crippen LogP contribution in [0.15, 0.2) is 60.7 Å². The Balaban J connectivity index is 1.87. The fourth-order valence-corrected chi connectivity index (χ4v) is 2.58. The number of rotatable bonds is 9. The van der Waals surface area contributed by atoms with Gasteiger partial charge in [-0.05, 0) is 42.7 Å². The molecule has 0 aliphatic carbocycles. The lowest BCUT2D eigenvalue weighted by Crippen LogP contribution is -2.39. The van der Waals surface area contributed by atoms with Crippen LogP contribution >= 0.6 is 0 Å². The van der Waals surface area contributed by atoms with Gasteiger partial charge in [0.1, 0.15) is 12.4 Å². The molecule has 0 aliphatic heterocycles. The summed E-state index contributed by atoms with van der Waals surface area (Å²) in [5.41, 5.74) is 1.11. The Bertz CT molecular complexity index is 723. The number of hydrogen-bond donors (Lipinski definition) is 2. The topological polar surface area (TPSA) is 58.6 Å². The highest BCUT2D eigenvalue weighted by Crippen LogP contribution is 2.16. The molecule has 1 amide bonds. The van der Waals surface area contributed by atoms with Gasteiger partial charge in [-0.15, -0.1) is 0 Å². The molecule has 2 aromatic rings. The number of ether oxygens (including phenoxy) is 1. The van der Waals surface area contributed by atoms with Crippen molar-refractivity contribution in [2.75, 3.05) is 6.54 Å². The van der Waals surface area contributed by atoms with E-state index in [-0.39, 0.29) is 12.5 Å². The van der Waals surface area contributed by atoms with Gasteiger partial charge in [0.15, 0.2) is 0 Å². The molecule has 0 aromatic heterocycles. The minimum absolute atomic E-state index is 0.225. The summed E-state index contributed by atoms with van der Waals surface area (Å²) < 4.78 is 5.79. The van der Waals surface area contributed by atoms with E-state index in [2.05, 4.69) is 5.32 Å². The highest BCUT2D eigenvalue weighted by Gasteiger charge is 2.19. The van der Waals surface area contributed by atoms with E-state index in [4.69, 9.17) is 4.74 Å². The van der Waals surface area contributed by atoms with Gasteiger partial charge in [0, 0.05) is 12.6 Å². The molecule has 4 nitrogen and oxygen atoms in total. The second-order valence-electron chi connectivity index (χ2n) is 6.64. The zero-order chi connectivity index (χ0) is 18.8. The van der Waals surface area contributed by atoms with E-state index in [0.717, 1.165) is 23.3 Å². The van der Waals surface area contributed by atoms with E-state index in [1.807, 2.05) is 61.5 Å². The number of nitrogens with one attached hydrogen (secondary N) is 1. The average Bonchev–Trinajstić information content (AvgIpc) is 2.64. The fourth-order valence-electron chi connectivity index (χ4n) is 2.58. The van der Waals surface area contributed by atoms with Crippen LogP contribution in [-0.2, 0) is 11.4 Å². The predicted octanol–water partition coefficient (Wildman–Crippen LogP) is 3.95. The molecular formula is C22H27NO3. The Kier molecular flexibility index (Phi) is 7.42. The minimum atomic E-state index is -0.872. The molecule has 0 saturated heterocycles. The second-order valence-corrected chi connectivity index (χ2v) is 6.64. The summed E-state index contributed by atoms with van der Waals surface area (Å²) in [6.45, 7) is 4.47. The van der Waals surface area contributed by atoms with E-state index in [1.165, 1.54) is 6.08 Å². The number of amides is 1. The number of aliphatic hydroxyl groups is 1. The lowest BCUT2D eigenvalue weighted by molar-refractivity contribution is -0.117. The van der Waals surface area contributed by atoms with Crippen molar-refractivity contribution in [1.82, 2.24) is 5.32 Å². The number of hydrogen-bond acceptors (Lipinski definition) is 3. The van der Waals surface area contributed by atoms with Gasteiger partial charge >= 0.3 is 0 Å². The molecule has 26 heavy (non-hydrogen) atoms. The highest BCUT2D eigenvalue weighted by molar-refractivity contribution is 5.91. The Hall–Kier alpha value is -2.59. The van der Waals surface area contributed by atoms with Crippen LogP contribution in [0.5, 0.6) is 5.75 Å². The Labute approximate surface area is 155 Å².